The standard InChI is InChI=1S/C20H18F3N5S/c1-3-29(25)16-8-12(19(11-24)6-7-19)4-5-13(16)18-27-14-9-17(20(21,22)23)26-10-15(14)28(18)2/h4-5,8-10,25H,3,6-7H2,1-2H3. The molecule has 1 fully saturated rings. The molecule has 1 saturated carbocycles. The summed E-state index contributed by atoms with van der Waals surface area (Å²) in [6.07, 6.45) is -1.75. The maximum atomic E-state index is 13.0. The molecule has 3 aromatic rings. The minimum atomic E-state index is -4.54. The Hall–Kier alpha value is -2.73. The number of halogens is 3. The minimum Gasteiger partial charge on any atom is -0.326 e. The first-order valence-corrected chi connectivity index (χ1v) is 10.5. The summed E-state index contributed by atoms with van der Waals surface area (Å²) in [6, 6.07) is 8.94. The Kier molecular flexibility index (Phi) is 4.50. The topological polar surface area (TPSA) is 78.3 Å². The molecule has 0 radical (unpaired) electrons. The van der Waals surface area contributed by atoms with Gasteiger partial charge in [-0.15, -0.1) is 0 Å². The highest BCUT2D eigenvalue weighted by atomic mass is 32.2. The predicted octanol–water partition coefficient (Wildman–Crippen LogP) is 4.97. The fourth-order valence-electron chi connectivity index (χ4n) is 3.44. The molecule has 1 aliphatic rings. The van der Waals surface area contributed by atoms with E-state index in [9.17, 15) is 18.4 Å². The summed E-state index contributed by atoms with van der Waals surface area (Å²) in [4.78, 5) is 8.73. The summed E-state index contributed by atoms with van der Waals surface area (Å²) < 4.78 is 49.2. The highest BCUT2D eigenvalue weighted by Crippen LogP contribution is 2.48. The van der Waals surface area contributed by atoms with Crippen molar-refractivity contribution < 1.29 is 13.2 Å². The molecule has 150 valence electrons. The van der Waals surface area contributed by atoms with E-state index >= 15 is 0 Å². The quantitative estimate of drug-likeness (QED) is 0.651. The molecular formula is C20H18F3N5S. The second-order valence-corrected chi connectivity index (χ2v) is 8.93. The zero-order valence-corrected chi connectivity index (χ0v) is 16.7. The first kappa shape index (κ1) is 19.6. The summed E-state index contributed by atoms with van der Waals surface area (Å²) in [7, 11) is 0.897. The fraction of sp³-hybridized carbons (Fsp3) is 0.350. The van der Waals surface area contributed by atoms with Crippen LogP contribution in [0, 0.1) is 16.1 Å². The SMILES string of the molecule is CCS(=N)c1cc(C2(C#N)CC2)ccc1-c1nc2cc(C(F)(F)F)ncc2n1C. The third-order valence-corrected chi connectivity index (χ3v) is 6.80. The van der Waals surface area contributed by atoms with Crippen LogP contribution in [0.25, 0.3) is 22.4 Å². The first-order chi connectivity index (χ1) is 13.7. The Morgan fingerprint density at radius 3 is 2.62 bits per heavy atom. The van der Waals surface area contributed by atoms with E-state index in [0.29, 0.717) is 22.7 Å². The average molecular weight is 417 g/mol. The molecule has 4 rings (SSSR count). The molecular weight excluding hydrogens is 399 g/mol. The van der Waals surface area contributed by atoms with E-state index in [2.05, 4.69) is 16.0 Å². The van der Waals surface area contributed by atoms with Crippen molar-refractivity contribution in [1.82, 2.24) is 14.5 Å². The van der Waals surface area contributed by atoms with Gasteiger partial charge in [0.2, 0.25) is 0 Å². The van der Waals surface area contributed by atoms with Crippen LogP contribution >= 0.6 is 0 Å². The molecule has 29 heavy (non-hydrogen) atoms. The van der Waals surface area contributed by atoms with Crippen LogP contribution in [0.5, 0.6) is 0 Å². The van der Waals surface area contributed by atoms with Gasteiger partial charge < -0.3 is 4.57 Å². The van der Waals surface area contributed by atoms with Crippen LogP contribution in [0.1, 0.15) is 31.0 Å². The number of nitrogens with one attached hydrogen (secondary N) is 1. The summed E-state index contributed by atoms with van der Waals surface area (Å²) >= 11 is 0. The van der Waals surface area contributed by atoms with Crippen molar-refractivity contribution in [3.05, 3.63) is 41.7 Å². The second kappa shape index (κ2) is 6.66. The van der Waals surface area contributed by atoms with Gasteiger partial charge in [-0.05, 0) is 36.6 Å². The van der Waals surface area contributed by atoms with E-state index in [1.165, 1.54) is 6.20 Å². The van der Waals surface area contributed by atoms with Gasteiger partial charge in [-0.25, -0.2) is 9.97 Å². The van der Waals surface area contributed by atoms with E-state index in [4.69, 9.17) is 4.78 Å². The Labute approximate surface area is 168 Å². The molecule has 1 aromatic carbocycles. The Morgan fingerprint density at radius 1 is 1.31 bits per heavy atom. The van der Waals surface area contributed by atoms with Gasteiger partial charge in [-0.2, -0.15) is 18.4 Å². The third kappa shape index (κ3) is 3.21. The maximum absolute atomic E-state index is 13.0. The number of rotatable bonds is 4. The summed E-state index contributed by atoms with van der Waals surface area (Å²) in [5.74, 6) is 1.09. The third-order valence-electron chi connectivity index (χ3n) is 5.35. The molecule has 5 nitrogen and oxygen atoms in total. The number of fused-ring (bicyclic) bond motifs is 1. The highest BCUT2D eigenvalue weighted by Gasteiger charge is 2.45. The molecule has 1 atom stereocenters. The average Bonchev–Trinajstić information content (AvgIpc) is 3.44. The Balaban J connectivity index is 1.90. The highest BCUT2D eigenvalue weighted by molar-refractivity contribution is 7.86. The predicted molar refractivity (Wildman–Crippen MR) is 104 cm³/mol. The van der Waals surface area contributed by atoms with Crippen LogP contribution in [0.2, 0.25) is 0 Å². The van der Waals surface area contributed by atoms with Gasteiger partial charge in [0.25, 0.3) is 0 Å². The van der Waals surface area contributed by atoms with Crippen LogP contribution in [0.3, 0.4) is 0 Å². The Morgan fingerprint density at radius 2 is 2.03 bits per heavy atom. The van der Waals surface area contributed by atoms with Gasteiger partial charge in [-0.3, -0.25) is 4.78 Å². The number of aromatic nitrogens is 3. The maximum Gasteiger partial charge on any atom is 0.433 e. The lowest BCUT2D eigenvalue weighted by Gasteiger charge is -2.15. The number of aryl methyl sites for hydroxylation is 1. The molecule has 2 aromatic heterocycles. The van der Waals surface area contributed by atoms with Gasteiger partial charge in [0.1, 0.15) is 11.5 Å². The number of hydrogen-bond donors (Lipinski definition) is 1. The number of alkyl halides is 3. The van der Waals surface area contributed by atoms with Crippen molar-refractivity contribution >= 4 is 21.7 Å². The van der Waals surface area contributed by atoms with Crippen molar-refractivity contribution in [2.24, 2.45) is 7.05 Å². The summed E-state index contributed by atoms with van der Waals surface area (Å²) in [5, 5.41) is 9.50. The number of pyridine rings is 1. The van der Waals surface area contributed by atoms with Crippen LogP contribution in [-0.4, -0.2) is 20.3 Å². The normalized spacial score (nSPS) is 16.6. The lowest BCUT2D eigenvalue weighted by Crippen LogP contribution is -2.07. The lowest BCUT2D eigenvalue weighted by molar-refractivity contribution is -0.141. The first-order valence-electron chi connectivity index (χ1n) is 9.08. The van der Waals surface area contributed by atoms with Crippen molar-refractivity contribution in [2.45, 2.75) is 36.3 Å². The number of nitrogens with zero attached hydrogens (tertiary/aromatic N) is 4. The monoisotopic (exact) mass is 417 g/mol. The number of nitriles is 1. The fourth-order valence-corrected chi connectivity index (χ4v) is 4.44. The molecule has 0 spiro atoms. The zero-order valence-electron chi connectivity index (χ0n) is 15.8. The zero-order chi connectivity index (χ0) is 21.0. The minimum absolute atomic E-state index is 0.205. The molecule has 1 unspecified atom stereocenters. The number of benzene rings is 1. The van der Waals surface area contributed by atoms with E-state index in [1.807, 2.05) is 25.1 Å². The summed E-state index contributed by atoms with van der Waals surface area (Å²) in [6.45, 7) is 1.91. The second-order valence-electron chi connectivity index (χ2n) is 7.13. The molecule has 1 N–H and O–H groups in total. The molecule has 0 saturated heterocycles. The van der Waals surface area contributed by atoms with Gasteiger partial charge in [0, 0.05) is 23.3 Å². The number of hydrogen-bond acceptors (Lipinski definition) is 4. The van der Waals surface area contributed by atoms with Crippen LogP contribution < -0.4 is 0 Å². The van der Waals surface area contributed by atoms with Crippen molar-refractivity contribution in [2.75, 3.05) is 5.75 Å². The van der Waals surface area contributed by atoms with Gasteiger partial charge in [-0.1, -0.05) is 23.7 Å². The smallest absolute Gasteiger partial charge is 0.326 e. The largest absolute Gasteiger partial charge is 0.433 e. The van der Waals surface area contributed by atoms with Crippen molar-refractivity contribution in [1.29, 1.82) is 10.0 Å². The Bertz CT molecular complexity index is 1190. The van der Waals surface area contributed by atoms with Crippen molar-refractivity contribution in [3.63, 3.8) is 0 Å². The van der Waals surface area contributed by atoms with E-state index in [1.54, 1.807) is 11.6 Å². The molecule has 0 aliphatic heterocycles. The van der Waals surface area contributed by atoms with Crippen LogP contribution in [0.15, 0.2) is 35.4 Å². The van der Waals surface area contributed by atoms with E-state index in [-0.39, 0.29) is 5.52 Å². The van der Waals surface area contributed by atoms with Gasteiger partial charge >= 0.3 is 6.18 Å². The molecule has 0 amide bonds. The van der Waals surface area contributed by atoms with Gasteiger partial charge in [0.05, 0.1) is 28.7 Å². The summed E-state index contributed by atoms with van der Waals surface area (Å²) in [5.41, 5.74) is 0.843. The molecule has 1 aliphatic carbocycles. The molecule has 0 bridgehead atoms. The van der Waals surface area contributed by atoms with Crippen LogP contribution in [-0.2, 0) is 29.3 Å². The molecule has 9 heteroatoms. The van der Waals surface area contributed by atoms with E-state index < -0.39 is 28.0 Å². The number of imidazole rings is 1. The van der Waals surface area contributed by atoms with Crippen LogP contribution in [0.4, 0.5) is 13.2 Å². The lowest BCUT2D eigenvalue weighted by atomic mass is 9.96. The molecule has 2 heterocycles. The van der Waals surface area contributed by atoms with Crippen molar-refractivity contribution in [3.8, 4) is 17.5 Å². The van der Waals surface area contributed by atoms with E-state index in [0.717, 1.165) is 29.4 Å². The van der Waals surface area contributed by atoms with Gasteiger partial charge in [0.15, 0.2) is 0 Å².